The quantitative estimate of drug-likeness (QED) is 0.743. The number of nitrogens with one attached hydrogen (secondary N) is 1. The molecule has 0 fully saturated rings. The summed E-state index contributed by atoms with van der Waals surface area (Å²) in [6, 6.07) is 4.20. The first-order valence-electron chi connectivity index (χ1n) is 6.08. The number of alkyl halides is 4. The van der Waals surface area contributed by atoms with Crippen LogP contribution in [-0.4, -0.2) is 25.5 Å². The summed E-state index contributed by atoms with van der Waals surface area (Å²) < 4.78 is 67.0. The second-order valence-electron chi connectivity index (χ2n) is 4.26. The minimum absolute atomic E-state index is 0.0606. The van der Waals surface area contributed by atoms with Gasteiger partial charge < -0.3 is 10.1 Å². The van der Waals surface area contributed by atoms with Crippen LogP contribution in [0.2, 0.25) is 0 Å². The zero-order chi connectivity index (χ0) is 15.2. The van der Waals surface area contributed by atoms with Crippen LogP contribution in [0.3, 0.4) is 0 Å². The Kier molecular flexibility index (Phi) is 6.35. The zero-order valence-corrected chi connectivity index (χ0v) is 10.9. The molecule has 0 saturated carbocycles. The number of benzene rings is 1. The largest absolute Gasteiger partial charge is 0.370 e. The maximum atomic E-state index is 13.4. The number of hydrogen-bond donors (Lipinski definition) is 1. The molecule has 0 aliphatic heterocycles. The Morgan fingerprint density at radius 3 is 2.60 bits per heavy atom. The average molecular weight is 297 g/mol. The summed E-state index contributed by atoms with van der Waals surface area (Å²) in [7, 11) is 0. The Morgan fingerprint density at radius 2 is 2.00 bits per heavy atom. The smallest absolute Gasteiger partial charge is 0.330 e. The minimum Gasteiger partial charge on any atom is -0.370 e. The van der Waals surface area contributed by atoms with E-state index in [4.69, 9.17) is 0 Å². The fourth-order valence-corrected chi connectivity index (χ4v) is 1.48. The molecular formula is C13H16F5NO. The Labute approximate surface area is 113 Å². The van der Waals surface area contributed by atoms with Gasteiger partial charge in [0.2, 0.25) is 0 Å². The predicted octanol–water partition coefficient (Wildman–Crippen LogP) is 3.35. The normalized spacial score (nSPS) is 12.2. The lowest BCUT2D eigenvalue weighted by atomic mass is 10.1. The highest BCUT2D eigenvalue weighted by Gasteiger charge is 2.40. The van der Waals surface area contributed by atoms with Crippen LogP contribution >= 0.6 is 0 Å². The summed E-state index contributed by atoms with van der Waals surface area (Å²) in [5, 5.41) is 3.02. The molecule has 0 radical (unpaired) electrons. The van der Waals surface area contributed by atoms with Crippen molar-refractivity contribution >= 4 is 0 Å². The van der Waals surface area contributed by atoms with E-state index in [1.54, 1.807) is 6.07 Å². The van der Waals surface area contributed by atoms with Crippen molar-refractivity contribution < 1.29 is 26.7 Å². The summed E-state index contributed by atoms with van der Waals surface area (Å²) in [5.41, 5.74) is 0.818. The standard InChI is InChI=1S/C13H16F5NO/c1-2-19-6-9-3-4-11(14)10(5-9)7-20-8-13(17,18)12(15)16/h3-5,12,19H,2,6-8H2,1H3. The molecular weight excluding hydrogens is 281 g/mol. The maximum Gasteiger partial charge on any atom is 0.330 e. The highest BCUT2D eigenvalue weighted by Crippen LogP contribution is 2.23. The molecule has 20 heavy (non-hydrogen) atoms. The first kappa shape index (κ1) is 16.8. The van der Waals surface area contributed by atoms with Crippen LogP contribution in [0.15, 0.2) is 18.2 Å². The first-order valence-corrected chi connectivity index (χ1v) is 6.08. The van der Waals surface area contributed by atoms with Crippen LogP contribution in [0.1, 0.15) is 18.1 Å². The van der Waals surface area contributed by atoms with Crippen molar-refractivity contribution in [1.82, 2.24) is 5.32 Å². The molecule has 0 atom stereocenters. The van der Waals surface area contributed by atoms with Gasteiger partial charge in [-0.3, -0.25) is 0 Å². The lowest BCUT2D eigenvalue weighted by Gasteiger charge is -2.15. The van der Waals surface area contributed by atoms with E-state index in [2.05, 4.69) is 10.1 Å². The molecule has 7 heteroatoms. The van der Waals surface area contributed by atoms with Crippen molar-refractivity contribution in [1.29, 1.82) is 0 Å². The molecule has 0 aromatic heterocycles. The third-order valence-corrected chi connectivity index (χ3v) is 2.56. The van der Waals surface area contributed by atoms with Crippen molar-refractivity contribution in [2.45, 2.75) is 32.4 Å². The van der Waals surface area contributed by atoms with Crippen molar-refractivity contribution in [2.24, 2.45) is 0 Å². The van der Waals surface area contributed by atoms with E-state index in [0.29, 0.717) is 6.54 Å². The molecule has 114 valence electrons. The molecule has 1 N–H and O–H groups in total. The Morgan fingerprint density at radius 1 is 1.30 bits per heavy atom. The predicted molar refractivity (Wildman–Crippen MR) is 64.4 cm³/mol. The summed E-state index contributed by atoms with van der Waals surface area (Å²) in [5.74, 6) is -4.84. The molecule has 0 amide bonds. The van der Waals surface area contributed by atoms with Crippen LogP contribution in [0.5, 0.6) is 0 Å². The van der Waals surface area contributed by atoms with Gasteiger partial charge in [0.05, 0.1) is 6.61 Å². The van der Waals surface area contributed by atoms with Crippen LogP contribution in [0, 0.1) is 5.82 Å². The van der Waals surface area contributed by atoms with Gasteiger partial charge in [-0.2, -0.15) is 8.78 Å². The Balaban J connectivity index is 2.58. The van der Waals surface area contributed by atoms with Gasteiger partial charge in [-0.25, -0.2) is 13.2 Å². The lowest BCUT2D eigenvalue weighted by Crippen LogP contribution is -2.32. The SMILES string of the molecule is CCNCc1ccc(F)c(COCC(F)(F)C(F)F)c1. The second kappa shape index (κ2) is 7.54. The fraction of sp³-hybridized carbons (Fsp3) is 0.538. The number of hydrogen-bond acceptors (Lipinski definition) is 2. The van der Waals surface area contributed by atoms with E-state index in [0.717, 1.165) is 12.1 Å². The van der Waals surface area contributed by atoms with E-state index in [1.807, 2.05) is 6.92 Å². The number of ether oxygens (including phenoxy) is 1. The van der Waals surface area contributed by atoms with Crippen molar-refractivity contribution in [3.8, 4) is 0 Å². The van der Waals surface area contributed by atoms with Gasteiger partial charge in [-0.1, -0.05) is 13.0 Å². The molecule has 1 aromatic carbocycles. The van der Waals surface area contributed by atoms with Crippen molar-refractivity contribution in [3.05, 3.63) is 35.1 Å². The van der Waals surface area contributed by atoms with E-state index in [1.165, 1.54) is 12.1 Å². The van der Waals surface area contributed by atoms with Crippen LogP contribution in [0.4, 0.5) is 22.0 Å². The van der Waals surface area contributed by atoms with Gasteiger partial charge in [0.1, 0.15) is 12.4 Å². The summed E-state index contributed by atoms with van der Waals surface area (Å²) in [6.45, 7) is 1.20. The van der Waals surface area contributed by atoms with E-state index in [9.17, 15) is 22.0 Å². The van der Waals surface area contributed by atoms with Gasteiger partial charge in [0, 0.05) is 12.1 Å². The monoisotopic (exact) mass is 297 g/mol. The molecule has 0 unspecified atom stereocenters. The molecule has 2 nitrogen and oxygen atoms in total. The number of halogens is 5. The zero-order valence-electron chi connectivity index (χ0n) is 10.9. The summed E-state index contributed by atoms with van der Waals surface area (Å²) in [4.78, 5) is 0. The Bertz CT molecular complexity index is 425. The summed E-state index contributed by atoms with van der Waals surface area (Å²) in [6.07, 6.45) is -3.80. The molecule has 0 spiro atoms. The highest BCUT2D eigenvalue weighted by molar-refractivity contribution is 5.24. The molecule has 0 aliphatic rings. The topological polar surface area (TPSA) is 21.3 Å². The van der Waals surface area contributed by atoms with E-state index < -0.39 is 31.4 Å². The summed E-state index contributed by atoms with van der Waals surface area (Å²) >= 11 is 0. The molecule has 0 saturated heterocycles. The highest BCUT2D eigenvalue weighted by atomic mass is 19.3. The Hall–Kier alpha value is -1.21. The first-order chi connectivity index (χ1) is 9.36. The van der Waals surface area contributed by atoms with E-state index >= 15 is 0 Å². The van der Waals surface area contributed by atoms with Gasteiger partial charge in [0.15, 0.2) is 0 Å². The van der Waals surface area contributed by atoms with Crippen LogP contribution in [-0.2, 0) is 17.9 Å². The fourth-order valence-electron chi connectivity index (χ4n) is 1.48. The molecule has 1 aromatic rings. The van der Waals surface area contributed by atoms with Crippen molar-refractivity contribution in [3.63, 3.8) is 0 Å². The maximum absolute atomic E-state index is 13.4. The van der Waals surface area contributed by atoms with Gasteiger partial charge in [0.25, 0.3) is 0 Å². The third-order valence-electron chi connectivity index (χ3n) is 2.56. The van der Waals surface area contributed by atoms with Crippen molar-refractivity contribution in [2.75, 3.05) is 13.2 Å². The lowest BCUT2D eigenvalue weighted by molar-refractivity contribution is -0.168. The molecule has 0 heterocycles. The molecule has 0 aliphatic carbocycles. The van der Waals surface area contributed by atoms with Crippen LogP contribution < -0.4 is 5.32 Å². The molecule has 0 bridgehead atoms. The van der Waals surface area contributed by atoms with Crippen LogP contribution in [0.25, 0.3) is 0 Å². The average Bonchev–Trinajstić information content (AvgIpc) is 2.39. The number of rotatable bonds is 8. The van der Waals surface area contributed by atoms with Gasteiger partial charge in [-0.05, 0) is 24.2 Å². The van der Waals surface area contributed by atoms with E-state index in [-0.39, 0.29) is 5.56 Å². The second-order valence-corrected chi connectivity index (χ2v) is 4.26. The van der Waals surface area contributed by atoms with Gasteiger partial charge in [-0.15, -0.1) is 0 Å². The molecule has 1 rings (SSSR count). The van der Waals surface area contributed by atoms with Gasteiger partial charge >= 0.3 is 12.3 Å². The minimum atomic E-state index is -4.22. The third kappa shape index (κ3) is 5.05.